The number of amides is 1. The average molecular weight is 339 g/mol. The van der Waals surface area contributed by atoms with Gasteiger partial charge in [0.25, 0.3) is 0 Å². The van der Waals surface area contributed by atoms with Gasteiger partial charge in [0.2, 0.25) is 5.91 Å². The van der Waals surface area contributed by atoms with Crippen LogP contribution in [0.4, 0.5) is 0 Å². The second-order valence-corrected chi connectivity index (χ2v) is 6.26. The molecule has 8 heteroatoms. The maximum Gasteiger partial charge on any atom is 0.346 e. The Hall–Kier alpha value is -1.83. The van der Waals surface area contributed by atoms with Gasteiger partial charge in [0.05, 0.1) is 12.4 Å². The molecule has 23 heavy (non-hydrogen) atoms. The van der Waals surface area contributed by atoms with Gasteiger partial charge in [0, 0.05) is 18.8 Å². The van der Waals surface area contributed by atoms with E-state index in [2.05, 4.69) is 9.97 Å². The minimum atomic E-state index is -0.540. The number of hydrogen-bond donors (Lipinski definition) is 1. The average Bonchev–Trinajstić information content (AvgIpc) is 2.53. The van der Waals surface area contributed by atoms with Crippen molar-refractivity contribution >= 4 is 23.6 Å². The Balaban J connectivity index is 2.13. The third kappa shape index (κ3) is 4.57. The number of likely N-dealkylation sites (tertiary alicyclic amines) is 1. The summed E-state index contributed by atoms with van der Waals surface area (Å²) in [6.45, 7) is 5.09. The molecule has 1 aliphatic heterocycles. The van der Waals surface area contributed by atoms with Crippen LogP contribution in [0.1, 0.15) is 42.2 Å². The molecular weight excluding hydrogens is 318 g/mol. The normalized spacial score (nSPS) is 14.6. The zero-order valence-corrected chi connectivity index (χ0v) is 14.2. The van der Waals surface area contributed by atoms with Crippen molar-refractivity contribution in [1.29, 1.82) is 0 Å². The van der Waals surface area contributed by atoms with Gasteiger partial charge in [-0.3, -0.25) is 4.79 Å². The predicted molar refractivity (Wildman–Crippen MR) is 86.7 cm³/mol. The summed E-state index contributed by atoms with van der Waals surface area (Å²) in [7, 11) is 0. The summed E-state index contributed by atoms with van der Waals surface area (Å²) in [4.78, 5) is 44.0. The summed E-state index contributed by atoms with van der Waals surface area (Å²) in [6.07, 6.45) is 3.19. The molecule has 0 bridgehead atoms. The fourth-order valence-corrected chi connectivity index (χ4v) is 3.44. The Morgan fingerprint density at radius 2 is 2.00 bits per heavy atom. The van der Waals surface area contributed by atoms with Gasteiger partial charge in [-0.2, -0.15) is 4.98 Å². The van der Waals surface area contributed by atoms with E-state index in [4.69, 9.17) is 4.74 Å². The van der Waals surface area contributed by atoms with Crippen molar-refractivity contribution in [3.8, 4) is 0 Å². The number of carbonyl (C=O) groups excluding carboxylic acids is 2. The van der Waals surface area contributed by atoms with Crippen molar-refractivity contribution in [2.75, 3.05) is 25.4 Å². The van der Waals surface area contributed by atoms with Crippen LogP contribution in [0.5, 0.6) is 0 Å². The molecule has 1 N–H and O–H groups in total. The van der Waals surface area contributed by atoms with Gasteiger partial charge < -0.3 is 14.6 Å². The number of nitrogens with zero attached hydrogens (tertiary/aromatic N) is 2. The highest BCUT2D eigenvalue weighted by Crippen LogP contribution is 2.22. The molecule has 2 heterocycles. The molecule has 1 saturated heterocycles. The van der Waals surface area contributed by atoms with Crippen LogP contribution in [0.15, 0.2) is 9.82 Å². The zero-order valence-electron chi connectivity index (χ0n) is 13.4. The summed E-state index contributed by atoms with van der Waals surface area (Å²) in [5.74, 6) is -0.381. The molecule has 2 rings (SSSR count). The van der Waals surface area contributed by atoms with Crippen molar-refractivity contribution in [2.24, 2.45) is 0 Å². The first-order valence-corrected chi connectivity index (χ1v) is 8.70. The molecule has 7 nitrogen and oxygen atoms in total. The van der Waals surface area contributed by atoms with Gasteiger partial charge in [-0.05, 0) is 33.1 Å². The number of thioether (sulfide) groups is 1. The number of nitrogens with one attached hydrogen (secondary N) is 1. The molecular formula is C15H21N3O4S. The second-order valence-electron chi connectivity index (χ2n) is 5.30. The van der Waals surface area contributed by atoms with Crippen LogP contribution in [-0.4, -0.2) is 52.2 Å². The maximum absolute atomic E-state index is 12.2. The Labute approximate surface area is 138 Å². The second kappa shape index (κ2) is 8.14. The van der Waals surface area contributed by atoms with E-state index >= 15 is 0 Å². The highest BCUT2D eigenvalue weighted by molar-refractivity contribution is 8.00. The summed E-state index contributed by atoms with van der Waals surface area (Å²) in [5, 5.41) is 0.245. The number of aromatic nitrogens is 2. The van der Waals surface area contributed by atoms with Crippen LogP contribution >= 0.6 is 11.8 Å². The van der Waals surface area contributed by atoms with E-state index in [0.29, 0.717) is 5.69 Å². The Bertz CT molecular complexity index is 638. The van der Waals surface area contributed by atoms with E-state index in [9.17, 15) is 14.4 Å². The first-order chi connectivity index (χ1) is 11.0. The van der Waals surface area contributed by atoms with E-state index in [1.54, 1.807) is 13.8 Å². The SMILES string of the molecule is CCOC(=O)c1c(SCC(=O)N2CCCCC2)nc(=O)[nH]c1C. The molecule has 0 radical (unpaired) electrons. The topological polar surface area (TPSA) is 92.4 Å². The molecule has 1 amide bonds. The van der Waals surface area contributed by atoms with Gasteiger partial charge in [-0.1, -0.05) is 11.8 Å². The third-order valence-corrected chi connectivity index (χ3v) is 4.57. The van der Waals surface area contributed by atoms with Crippen molar-refractivity contribution in [3.05, 3.63) is 21.7 Å². The summed E-state index contributed by atoms with van der Waals surface area (Å²) in [6, 6.07) is 0. The lowest BCUT2D eigenvalue weighted by Gasteiger charge is -2.26. The Morgan fingerprint density at radius 3 is 2.65 bits per heavy atom. The van der Waals surface area contributed by atoms with Gasteiger partial charge >= 0.3 is 11.7 Å². The molecule has 0 aliphatic carbocycles. The van der Waals surface area contributed by atoms with E-state index in [1.807, 2.05) is 4.90 Å². The molecule has 0 aromatic carbocycles. The van der Waals surface area contributed by atoms with Crippen LogP contribution in [0.3, 0.4) is 0 Å². The summed E-state index contributed by atoms with van der Waals surface area (Å²) in [5.41, 5.74) is 0.0859. The predicted octanol–water partition coefficient (Wildman–Crippen LogP) is 1.36. The smallest absolute Gasteiger partial charge is 0.346 e. The molecule has 1 aromatic heterocycles. The maximum atomic E-state index is 12.2. The highest BCUT2D eigenvalue weighted by atomic mass is 32.2. The van der Waals surface area contributed by atoms with E-state index in [1.165, 1.54) is 0 Å². The minimum Gasteiger partial charge on any atom is -0.462 e. The van der Waals surface area contributed by atoms with Gasteiger partial charge in [-0.25, -0.2) is 9.59 Å². The lowest BCUT2D eigenvalue weighted by molar-refractivity contribution is -0.129. The number of aromatic amines is 1. The first kappa shape index (κ1) is 17.5. The molecule has 0 saturated carbocycles. The number of rotatable bonds is 5. The van der Waals surface area contributed by atoms with Crippen molar-refractivity contribution in [1.82, 2.24) is 14.9 Å². The number of hydrogen-bond acceptors (Lipinski definition) is 6. The quantitative estimate of drug-likeness (QED) is 0.495. The molecule has 0 atom stereocenters. The van der Waals surface area contributed by atoms with Gasteiger partial charge in [0.1, 0.15) is 10.6 Å². The molecule has 126 valence electrons. The van der Waals surface area contributed by atoms with Crippen LogP contribution in [0.25, 0.3) is 0 Å². The number of esters is 1. The van der Waals surface area contributed by atoms with Crippen molar-refractivity contribution in [2.45, 2.75) is 38.1 Å². The Morgan fingerprint density at radius 1 is 1.30 bits per heavy atom. The minimum absolute atomic E-state index is 0.00393. The largest absolute Gasteiger partial charge is 0.462 e. The van der Waals surface area contributed by atoms with Crippen LogP contribution in [0.2, 0.25) is 0 Å². The fourth-order valence-electron chi connectivity index (χ4n) is 2.47. The number of ether oxygens (including phenoxy) is 1. The fraction of sp³-hybridized carbons (Fsp3) is 0.600. The van der Waals surface area contributed by atoms with Gasteiger partial charge in [0.15, 0.2) is 0 Å². The molecule has 1 aliphatic rings. The van der Waals surface area contributed by atoms with Crippen LogP contribution in [-0.2, 0) is 9.53 Å². The van der Waals surface area contributed by atoms with Crippen molar-refractivity contribution < 1.29 is 14.3 Å². The highest BCUT2D eigenvalue weighted by Gasteiger charge is 2.22. The number of piperidine rings is 1. The van der Waals surface area contributed by atoms with E-state index in [-0.39, 0.29) is 28.9 Å². The third-order valence-electron chi connectivity index (χ3n) is 3.61. The number of aryl methyl sites for hydroxylation is 1. The van der Waals surface area contributed by atoms with E-state index < -0.39 is 11.7 Å². The van der Waals surface area contributed by atoms with Crippen LogP contribution < -0.4 is 5.69 Å². The van der Waals surface area contributed by atoms with Crippen LogP contribution in [0, 0.1) is 6.92 Å². The molecule has 1 aromatic rings. The molecule has 1 fully saturated rings. The van der Waals surface area contributed by atoms with Gasteiger partial charge in [-0.15, -0.1) is 0 Å². The van der Waals surface area contributed by atoms with E-state index in [0.717, 1.165) is 44.1 Å². The Kier molecular flexibility index (Phi) is 6.20. The number of H-pyrrole nitrogens is 1. The molecule has 0 unspecified atom stereocenters. The van der Waals surface area contributed by atoms with Crippen molar-refractivity contribution in [3.63, 3.8) is 0 Å². The standard InChI is InChI=1S/C15H21N3O4S/c1-3-22-14(20)12-10(2)16-15(21)17-13(12)23-9-11(19)18-7-5-4-6-8-18/h3-9H2,1-2H3,(H,16,17,21). The monoisotopic (exact) mass is 339 g/mol. The molecule has 0 spiro atoms. The first-order valence-electron chi connectivity index (χ1n) is 7.71. The summed E-state index contributed by atoms with van der Waals surface area (Å²) >= 11 is 1.11. The lowest BCUT2D eigenvalue weighted by atomic mass is 10.1. The zero-order chi connectivity index (χ0) is 16.8. The number of carbonyl (C=O) groups is 2. The summed E-state index contributed by atoms with van der Waals surface area (Å²) < 4.78 is 5.00. The lowest BCUT2D eigenvalue weighted by Crippen LogP contribution is -2.36.